The third kappa shape index (κ3) is 3.24. The van der Waals surface area contributed by atoms with E-state index in [1.807, 2.05) is 0 Å². The second-order valence-electron chi connectivity index (χ2n) is 8.14. The highest BCUT2D eigenvalue weighted by Gasteiger charge is 2.60. The number of anilines is 1. The number of hydrogen-bond acceptors (Lipinski definition) is 3. The summed E-state index contributed by atoms with van der Waals surface area (Å²) in [6.07, 6.45) is -6.53. The van der Waals surface area contributed by atoms with Crippen molar-refractivity contribution in [2.24, 2.45) is 0 Å². The minimum Gasteiger partial charge on any atom is -0.347 e. The zero-order valence-corrected chi connectivity index (χ0v) is 17.2. The monoisotopic (exact) mass is 453 g/mol. The average molecular weight is 453 g/mol. The van der Waals surface area contributed by atoms with Gasteiger partial charge >= 0.3 is 6.18 Å². The molecule has 0 spiro atoms. The number of likely N-dealkylation sites (N-methyl/N-ethyl adjacent to an activating group) is 1. The van der Waals surface area contributed by atoms with E-state index in [1.54, 1.807) is 0 Å². The number of carbonyl (C=O) groups is 2. The molecule has 2 amide bonds. The molecule has 2 aromatic carbocycles. The number of nitrogens with one attached hydrogen (secondary N) is 1. The summed E-state index contributed by atoms with van der Waals surface area (Å²) in [6.45, 7) is -0.429. The normalized spacial score (nSPS) is 25.5. The van der Waals surface area contributed by atoms with E-state index in [4.69, 9.17) is 0 Å². The van der Waals surface area contributed by atoms with Gasteiger partial charge in [0, 0.05) is 43.9 Å². The summed E-state index contributed by atoms with van der Waals surface area (Å²) in [7, 11) is 2.90. The third-order valence-corrected chi connectivity index (χ3v) is 5.98. The number of carbonyl (C=O) groups excluding carboxylic acids is 2. The lowest BCUT2D eigenvalue weighted by Crippen LogP contribution is -2.57. The molecule has 0 saturated carbocycles. The van der Waals surface area contributed by atoms with Gasteiger partial charge in [-0.25, -0.2) is 8.78 Å². The molecule has 1 N–H and O–H groups in total. The Kier molecular flexibility index (Phi) is 5.23. The van der Waals surface area contributed by atoms with Crippen LogP contribution < -0.4 is 5.32 Å². The molecule has 0 bridgehead atoms. The maximum Gasteiger partial charge on any atom is 0.416 e. The van der Waals surface area contributed by atoms with Crippen LogP contribution in [0.3, 0.4) is 0 Å². The zero-order valence-electron chi connectivity index (χ0n) is 17.2. The fourth-order valence-corrected chi connectivity index (χ4v) is 4.61. The topological polar surface area (TPSA) is 52.7 Å². The van der Waals surface area contributed by atoms with E-state index in [9.17, 15) is 27.2 Å². The lowest BCUT2D eigenvalue weighted by molar-refractivity contribution is -0.140. The molecular formula is C22H20F5N3O2. The lowest BCUT2D eigenvalue weighted by atomic mass is 9.80. The number of rotatable bonds is 3. The largest absolute Gasteiger partial charge is 0.416 e. The van der Waals surface area contributed by atoms with E-state index in [1.165, 1.54) is 42.1 Å². The van der Waals surface area contributed by atoms with Gasteiger partial charge in [0.25, 0.3) is 5.91 Å². The predicted octanol–water partition coefficient (Wildman–Crippen LogP) is 3.54. The molecule has 0 radical (unpaired) electrons. The highest BCUT2D eigenvalue weighted by molar-refractivity contribution is 6.09. The smallest absolute Gasteiger partial charge is 0.347 e. The Morgan fingerprint density at radius 2 is 1.84 bits per heavy atom. The molecule has 170 valence electrons. The second kappa shape index (κ2) is 7.54. The maximum absolute atomic E-state index is 15.1. The van der Waals surface area contributed by atoms with Crippen molar-refractivity contribution in [1.29, 1.82) is 0 Å². The van der Waals surface area contributed by atoms with Crippen LogP contribution in [0.25, 0.3) is 0 Å². The molecule has 1 fully saturated rings. The van der Waals surface area contributed by atoms with Gasteiger partial charge in [0.2, 0.25) is 5.91 Å². The molecule has 1 saturated heterocycles. The molecule has 2 aliphatic heterocycles. The van der Waals surface area contributed by atoms with Gasteiger partial charge in [-0.2, -0.15) is 13.2 Å². The van der Waals surface area contributed by atoms with E-state index in [2.05, 4.69) is 5.32 Å². The fourth-order valence-electron chi connectivity index (χ4n) is 4.61. The number of amides is 2. The summed E-state index contributed by atoms with van der Waals surface area (Å²) in [4.78, 5) is 28.7. The summed E-state index contributed by atoms with van der Waals surface area (Å²) in [5.41, 5.74) is -3.57. The molecule has 2 heterocycles. The summed E-state index contributed by atoms with van der Waals surface area (Å²) in [6, 6.07) is 6.63. The van der Waals surface area contributed by atoms with Crippen molar-refractivity contribution in [1.82, 2.24) is 9.80 Å². The standard InChI is InChI=1S/C22H20F5N3O2/c1-29(2)19(31)18-10-13(23)11-30(18)21(14-5-3-4-6-16(14)24)15-9-12(22(25,26)27)7-8-17(15)28-20(21)32/h3-9,13,18H,10-11H2,1-2H3,(H,28,32)/t13-,18+,21?/m1/s1. The predicted molar refractivity (Wildman–Crippen MR) is 106 cm³/mol. The number of halogens is 5. The molecule has 0 aromatic heterocycles. The van der Waals surface area contributed by atoms with Gasteiger partial charge in [-0.05, 0) is 24.3 Å². The molecule has 1 unspecified atom stereocenters. The first kappa shape index (κ1) is 22.2. The number of nitrogens with zero attached hydrogens (tertiary/aromatic N) is 2. The first-order chi connectivity index (χ1) is 15.0. The van der Waals surface area contributed by atoms with Gasteiger partial charge in [0.1, 0.15) is 12.0 Å². The highest BCUT2D eigenvalue weighted by Crippen LogP contribution is 2.50. The van der Waals surface area contributed by atoms with Crippen molar-refractivity contribution >= 4 is 17.5 Å². The van der Waals surface area contributed by atoms with Gasteiger partial charge in [-0.15, -0.1) is 0 Å². The van der Waals surface area contributed by atoms with E-state index in [0.29, 0.717) is 0 Å². The van der Waals surface area contributed by atoms with Gasteiger partial charge < -0.3 is 10.2 Å². The summed E-state index contributed by atoms with van der Waals surface area (Å²) in [5.74, 6) is -2.23. The Bertz CT molecular complexity index is 1090. The van der Waals surface area contributed by atoms with Crippen LogP contribution in [-0.2, 0) is 21.3 Å². The number of fused-ring (bicyclic) bond motifs is 1. The van der Waals surface area contributed by atoms with Gasteiger partial charge in [0.15, 0.2) is 5.54 Å². The van der Waals surface area contributed by atoms with Crippen LogP contribution in [0, 0.1) is 5.82 Å². The number of likely N-dealkylation sites (tertiary alicyclic amines) is 1. The molecule has 4 rings (SSSR count). The molecule has 10 heteroatoms. The number of benzene rings is 2. The van der Waals surface area contributed by atoms with E-state index in [0.717, 1.165) is 24.3 Å². The Hall–Kier alpha value is -3.01. The van der Waals surface area contributed by atoms with Gasteiger partial charge in [-0.1, -0.05) is 18.2 Å². The van der Waals surface area contributed by atoms with Crippen LogP contribution >= 0.6 is 0 Å². The fraction of sp³-hybridized carbons (Fsp3) is 0.364. The second-order valence-corrected chi connectivity index (χ2v) is 8.14. The van der Waals surface area contributed by atoms with Crippen molar-refractivity contribution in [3.8, 4) is 0 Å². The highest BCUT2D eigenvalue weighted by atomic mass is 19.4. The van der Waals surface area contributed by atoms with Crippen molar-refractivity contribution < 1.29 is 31.5 Å². The van der Waals surface area contributed by atoms with E-state index < -0.39 is 53.7 Å². The SMILES string of the molecule is CN(C)C(=O)[C@@H]1C[C@@H](F)CN1C1(c2ccccc2F)C(=O)Nc2ccc(C(F)(F)F)cc21. The molecule has 2 aromatic rings. The quantitative estimate of drug-likeness (QED) is 0.724. The van der Waals surface area contributed by atoms with Crippen molar-refractivity contribution in [3.63, 3.8) is 0 Å². The lowest BCUT2D eigenvalue weighted by Gasteiger charge is -2.41. The maximum atomic E-state index is 15.1. The van der Waals surface area contributed by atoms with Crippen LogP contribution in [0.4, 0.5) is 27.6 Å². The van der Waals surface area contributed by atoms with E-state index in [-0.39, 0.29) is 23.2 Å². The van der Waals surface area contributed by atoms with Gasteiger partial charge in [0.05, 0.1) is 11.6 Å². The molecular weight excluding hydrogens is 433 g/mol. The molecule has 3 atom stereocenters. The Balaban J connectivity index is 2.03. The van der Waals surface area contributed by atoms with Gasteiger partial charge in [-0.3, -0.25) is 14.5 Å². The van der Waals surface area contributed by atoms with Crippen LogP contribution in [0.1, 0.15) is 23.1 Å². The molecule has 0 aliphatic carbocycles. The molecule has 32 heavy (non-hydrogen) atoms. The molecule has 5 nitrogen and oxygen atoms in total. The number of alkyl halides is 4. The van der Waals surface area contributed by atoms with Crippen molar-refractivity contribution in [3.05, 3.63) is 65.0 Å². The van der Waals surface area contributed by atoms with Crippen LogP contribution in [-0.4, -0.2) is 54.5 Å². The summed E-state index contributed by atoms with van der Waals surface area (Å²) >= 11 is 0. The average Bonchev–Trinajstić information content (AvgIpc) is 3.24. The van der Waals surface area contributed by atoms with Crippen LogP contribution in [0.15, 0.2) is 42.5 Å². The first-order valence-corrected chi connectivity index (χ1v) is 9.88. The van der Waals surface area contributed by atoms with E-state index >= 15 is 4.39 Å². The minimum atomic E-state index is -4.73. The summed E-state index contributed by atoms with van der Waals surface area (Å²) < 4.78 is 70.3. The summed E-state index contributed by atoms with van der Waals surface area (Å²) in [5, 5.41) is 2.51. The molecule has 2 aliphatic rings. The van der Waals surface area contributed by atoms with Crippen LogP contribution in [0.2, 0.25) is 0 Å². The first-order valence-electron chi connectivity index (χ1n) is 9.88. The van der Waals surface area contributed by atoms with Crippen molar-refractivity contribution in [2.75, 3.05) is 26.0 Å². The van der Waals surface area contributed by atoms with Crippen molar-refractivity contribution in [2.45, 2.75) is 30.3 Å². The zero-order chi connectivity index (χ0) is 23.4. The number of hydrogen-bond donors (Lipinski definition) is 1. The van der Waals surface area contributed by atoms with Crippen LogP contribution in [0.5, 0.6) is 0 Å². The Morgan fingerprint density at radius 3 is 2.47 bits per heavy atom. The third-order valence-electron chi connectivity index (χ3n) is 5.98. The Morgan fingerprint density at radius 1 is 1.16 bits per heavy atom. The Labute approximate surface area is 180 Å². The minimum absolute atomic E-state index is 0.0459.